The van der Waals surface area contributed by atoms with Crippen molar-refractivity contribution in [2.75, 3.05) is 6.61 Å². The van der Waals surface area contributed by atoms with Crippen LogP contribution in [0.4, 0.5) is 4.39 Å². The second-order valence-corrected chi connectivity index (χ2v) is 4.55. The van der Waals surface area contributed by atoms with Crippen molar-refractivity contribution >= 4 is 5.78 Å². The molecule has 5 heteroatoms. The molecule has 0 aromatic heterocycles. The zero-order chi connectivity index (χ0) is 14.8. The lowest BCUT2D eigenvalue weighted by Gasteiger charge is -2.08. The van der Waals surface area contributed by atoms with E-state index in [1.165, 1.54) is 6.07 Å². The van der Waals surface area contributed by atoms with Crippen molar-refractivity contribution in [2.24, 2.45) is 0 Å². The third-order valence-corrected chi connectivity index (χ3v) is 3.21. The van der Waals surface area contributed by atoms with Crippen LogP contribution in [0.5, 0.6) is 11.5 Å². The summed E-state index contributed by atoms with van der Waals surface area (Å²) in [5.74, 6) is 0.311. The number of hydrogen-bond donors (Lipinski definition) is 0. The first-order valence-electron chi connectivity index (χ1n) is 6.29. The quantitative estimate of drug-likeness (QED) is 0.869. The number of benzene rings is 2. The third-order valence-electron chi connectivity index (χ3n) is 3.21. The molecule has 0 saturated carbocycles. The summed E-state index contributed by atoms with van der Waals surface area (Å²) >= 11 is 0. The summed E-state index contributed by atoms with van der Waals surface area (Å²) in [6.45, 7) is 0.0334. The van der Waals surface area contributed by atoms with Gasteiger partial charge < -0.3 is 9.47 Å². The van der Waals surface area contributed by atoms with Gasteiger partial charge in [0.2, 0.25) is 5.78 Å². The fourth-order valence-corrected chi connectivity index (χ4v) is 2.10. The summed E-state index contributed by atoms with van der Waals surface area (Å²) in [5.41, 5.74) is 0.811. The zero-order valence-electron chi connectivity index (χ0n) is 10.9. The molecule has 0 radical (unpaired) electrons. The number of carbonyl (C=O) groups is 1. The second-order valence-electron chi connectivity index (χ2n) is 4.55. The molecule has 21 heavy (non-hydrogen) atoms. The van der Waals surface area contributed by atoms with Gasteiger partial charge in [0.25, 0.3) is 0 Å². The molecular weight excluding hydrogens is 273 g/mol. The fourth-order valence-electron chi connectivity index (χ4n) is 2.10. The molecule has 0 N–H and O–H groups in total. The predicted molar refractivity (Wildman–Crippen MR) is 71.7 cm³/mol. The maximum Gasteiger partial charge on any atom is 0.203 e. The van der Waals surface area contributed by atoms with Gasteiger partial charge in [0.1, 0.15) is 30.0 Å². The van der Waals surface area contributed by atoms with Gasteiger partial charge >= 0.3 is 0 Å². The number of carbonyl (C=O) groups excluding carboxylic acids is 1. The first-order valence-corrected chi connectivity index (χ1v) is 6.29. The van der Waals surface area contributed by atoms with E-state index in [9.17, 15) is 9.18 Å². The lowest BCUT2D eigenvalue weighted by atomic mass is 10.1. The SMILES string of the molecule is N#Cc1cccc(COc2ccc3c(c2)OCC3=O)c1F. The summed E-state index contributed by atoms with van der Waals surface area (Å²) < 4.78 is 24.6. The monoisotopic (exact) mass is 283 g/mol. The van der Waals surface area contributed by atoms with Crippen LogP contribution in [-0.4, -0.2) is 12.4 Å². The van der Waals surface area contributed by atoms with Crippen LogP contribution in [-0.2, 0) is 6.61 Å². The van der Waals surface area contributed by atoms with Crippen molar-refractivity contribution in [3.8, 4) is 17.6 Å². The largest absolute Gasteiger partial charge is 0.489 e. The molecule has 0 unspecified atom stereocenters. The minimum Gasteiger partial charge on any atom is -0.489 e. The molecule has 1 aliphatic rings. The van der Waals surface area contributed by atoms with Crippen LogP contribution in [0.2, 0.25) is 0 Å². The van der Waals surface area contributed by atoms with Crippen molar-refractivity contribution < 1.29 is 18.7 Å². The molecule has 3 rings (SSSR count). The van der Waals surface area contributed by atoms with Crippen LogP contribution in [0.1, 0.15) is 21.5 Å². The van der Waals surface area contributed by atoms with Gasteiger partial charge in [-0.15, -0.1) is 0 Å². The van der Waals surface area contributed by atoms with E-state index in [4.69, 9.17) is 14.7 Å². The highest BCUT2D eigenvalue weighted by molar-refractivity contribution is 6.02. The van der Waals surface area contributed by atoms with E-state index in [0.29, 0.717) is 22.6 Å². The minimum absolute atomic E-state index is 0.00587. The van der Waals surface area contributed by atoms with E-state index in [2.05, 4.69) is 0 Å². The molecule has 2 aromatic carbocycles. The lowest BCUT2D eigenvalue weighted by Crippen LogP contribution is -2.00. The molecule has 0 spiro atoms. The van der Waals surface area contributed by atoms with Crippen molar-refractivity contribution in [1.82, 2.24) is 0 Å². The standard InChI is InChI=1S/C16H10FNO3/c17-16-10(7-18)2-1-3-11(16)8-20-12-4-5-13-14(19)9-21-15(13)6-12/h1-6H,8-9H2. The third kappa shape index (κ3) is 2.43. The lowest BCUT2D eigenvalue weighted by molar-refractivity contribution is 0.0961. The van der Waals surface area contributed by atoms with Gasteiger partial charge in [-0.05, 0) is 18.2 Å². The number of rotatable bonds is 3. The first-order chi connectivity index (χ1) is 10.2. The molecule has 0 fully saturated rings. The Hall–Kier alpha value is -2.87. The number of nitriles is 1. The van der Waals surface area contributed by atoms with E-state index in [1.54, 1.807) is 36.4 Å². The number of ketones is 1. The molecule has 0 saturated heterocycles. The van der Waals surface area contributed by atoms with Crippen molar-refractivity contribution in [1.29, 1.82) is 5.26 Å². The van der Waals surface area contributed by atoms with E-state index < -0.39 is 5.82 Å². The minimum atomic E-state index is -0.576. The molecule has 0 amide bonds. The fraction of sp³-hybridized carbons (Fsp3) is 0.125. The highest BCUT2D eigenvalue weighted by atomic mass is 19.1. The Morgan fingerprint density at radius 2 is 2.19 bits per heavy atom. The number of hydrogen-bond acceptors (Lipinski definition) is 4. The summed E-state index contributed by atoms with van der Waals surface area (Å²) in [6.07, 6.45) is 0. The molecule has 0 bridgehead atoms. The Balaban J connectivity index is 1.77. The molecule has 0 aliphatic carbocycles. The number of ether oxygens (including phenoxy) is 2. The smallest absolute Gasteiger partial charge is 0.203 e. The number of Topliss-reactive ketones (excluding diaryl/α,β-unsaturated/α-hetero) is 1. The Kier molecular flexibility index (Phi) is 3.28. The maximum absolute atomic E-state index is 13.9. The van der Waals surface area contributed by atoms with Gasteiger partial charge in [-0.3, -0.25) is 4.79 Å². The summed E-state index contributed by atoms with van der Waals surface area (Å²) in [5, 5.41) is 8.78. The molecule has 4 nitrogen and oxygen atoms in total. The van der Waals surface area contributed by atoms with Gasteiger partial charge in [0, 0.05) is 11.6 Å². The Morgan fingerprint density at radius 1 is 1.33 bits per heavy atom. The van der Waals surface area contributed by atoms with Crippen LogP contribution in [0.15, 0.2) is 36.4 Å². The van der Waals surface area contributed by atoms with Crippen LogP contribution in [0, 0.1) is 17.1 Å². The maximum atomic E-state index is 13.9. The Bertz CT molecular complexity index is 765. The van der Waals surface area contributed by atoms with Crippen LogP contribution < -0.4 is 9.47 Å². The van der Waals surface area contributed by atoms with Gasteiger partial charge in [-0.1, -0.05) is 12.1 Å². The summed E-state index contributed by atoms with van der Waals surface area (Å²) in [6, 6.07) is 11.2. The van der Waals surface area contributed by atoms with Gasteiger partial charge in [0.05, 0.1) is 11.1 Å². The number of halogens is 1. The van der Waals surface area contributed by atoms with Gasteiger partial charge in [0.15, 0.2) is 6.61 Å². The van der Waals surface area contributed by atoms with E-state index in [-0.39, 0.29) is 24.6 Å². The molecular formula is C16H10FNO3. The first kappa shape index (κ1) is 13.1. The van der Waals surface area contributed by atoms with E-state index >= 15 is 0 Å². The second kappa shape index (κ2) is 5.25. The highest BCUT2D eigenvalue weighted by Gasteiger charge is 2.21. The van der Waals surface area contributed by atoms with Crippen LogP contribution >= 0.6 is 0 Å². The summed E-state index contributed by atoms with van der Waals surface area (Å²) in [4.78, 5) is 11.4. The highest BCUT2D eigenvalue weighted by Crippen LogP contribution is 2.30. The van der Waals surface area contributed by atoms with Crippen molar-refractivity contribution in [3.05, 3.63) is 58.9 Å². The average Bonchev–Trinajstić information content (AvgIpc) is 2.87. The number of nitrogens with zero attached hydrogens (tertiary/aromatic N) is 1. The Morgan fingerprint density at radius 3 is 3.00 bits per heavy atom. The molecule has 104 valence electrons. The molecule has 1 heterocycles. The summed E-state index contributed by atoms with van der Waals surface area (Å²) in [7, 11) is 0. The zero-order valence-corrected chi connectivity index (χ0v) is 10.9. The van der Waals surface area contributed by atoms with Gasteiger partial charge in [-0.25, -0.2) is 4.39 Å². The normalized spacial score (nSPS) is 12.5. The molecule has 1 aliphatic heterocycles. The number of fused-ring (bicyclic) bond motifs is 1. The Labute approximate surface area is 120 Å². The predicted octanol–water partition coefficient (Wildman–Crippen LogP) is 2.85. The van der Waals surface area contributed by atoms with Crippen LogP contribution in [0.3, 0.4) is 0 Å². The van der Waals surface area contributed by atoms with E-state index in [0.717, 1.165) is 0 Å². The molecule has 2 aromatic rings. The van der Waals surface area contributed by atoms with Gasteiger partial charge in [-0.2, -0.15) is 5.26 Å². The average molecular weight is 283 g/mol. The van der Waals surface area contributed by atoms with E-state index in [1.807, 2.05) is 0 Å². The van der Waals surface area contributed by atoms with Crippen molar-refractivity contribution in [2.45, 2.75) is 6.61 Å². The van der Waals surface area contributed by atoms with Crippen molar-refractivity contribution in [3.63, 3.8) is 0 Å². The molecule has 0 atom stereocenters. The topological polar surface area (TPSA) is 59.3 Å². The van der Waals surface area contributed by atoms with Crippen LogP contribution in [0.25, 0.3) is 0 Å².